The first-order chi connectivity index (χ1) is 35.0. The molecule has 0 aliphatic rings. The van der Waals surface area contributed by atoms with Crippen molar-refractivity contribution in [2.75, 3.05) is 19.6 Å². The van der Waals surface area contributed by atoms with E-state index < -0.39 is 72.1 Å². The minimum atomic E-state index is -1.00. The summed E-state index contributed by atoms with van der Waals surface area (Å²) < 4.78 is 0. The SMILES string of the molecule is NC(Cc1c[nH]c2ccccc12)C(=O)O.NC(Cc1c[nH]c2ccccc12)C(=O)O.NC(Cc1ccccc1)C(=O)O.NC(N)=NCCCC(N)C(=O)O.NCCCCC(N)C(=O)O.NCCCCC(N)C(=O)O. The molecule has 2 heterocycles. The lowest BCUT2D eigenvalue weighted by Gasteiger charge is -2.04. The van der Waals surface area contributed by atoms with E-state index in [1.54, 1.807) is 0 Å². The monoisotopic (exact) mass is 1040 g/mol. The second kappa shape index (κ2) is 38.2. The number of rotatable bonds is 24. The Kier molecular flexibility index (Phi) is 34.3. The van der Waals surface area contributed by atoms with Gasteiger partial charge >= 0.3 is 35.8 Å². The number of benzene rings is 3. The molecule has 0 spiro atoms. The summed E-state index contributed by atoms with van der Waals surface area (Å²) in [5.41, 5.74) is 57.3. The quantitative estimate of drug-likeness (QED) is 0.0226. The van der Waals surface area contributed by atoms with Gasteiger partial charge in [0.1, 0.15) is 36.3 Å². The number of aromatic amines is 2. The fourth-order valence-electron chi connectivity index (χ4n) is 6.11. The molecule has 0 saturated heterocycles. The number of hydrogen-bond donors (Lipinski definition) is 18. The number of carboxylic acids is 6. The van der Waals surface area contributed by atoms with Crippen molar-refractivity contribution in [1.82, 2.24) is 9.97 Å². The fourth-order valence-corrected chi connectivity index (χ4v) is 6.11. The highest BCUT2D eigenvalue weighted by Crippen LogP contribution is 2.20. The van der Waals surface area contributed by atoms with Crippen molar-refractivity contribution in [1.29, 1.82) is 0 Å². The van der Waals surface area contributed by atoms with Crippen LogP contribution in [0.5, 0.6) is 0 Å². The van der Waals surface area contributed by atoms with Crippen LogP contribution in [0.3, 0.4) is 0 Å². The second-order valence-corrected chi connectivity index (χ2v) is 16.5. The normalized spacial score (nSPS) is 12.7. The van der Waals surface area contributed by atoms with Gasteiger partial charge in [0.15, 0.2) is 5.96 Å². The fraction of sp³-hybridized carbons (Fsp3) is 0.408. The van der Waals surface area contributed by atoms with Crippen LogP contribution in [0, 0.1) is 0 Å². The molecule has 0 amide bonds. The summed E-state index contributed by atoms with van der Waals surface area (Å²) in [7, 11) is 0. The van der Waals surface area contributed by atoms with Crippen LogP contribution in [-0.2, 0) is 48.0 Å². The number of carbonyl (C=O) groups is 6. The van der Waals surface area contributed by atoms with Gasteiger partial charge in [0, 0.05) is 53.6 Å². The van der Waals surface area contributed by atoms with Gasteiger partial charge in [-0.2, -0.15) is 0 Å². The van der Waals surface area contributed by atoms with Crippen LogP contribution in [0.25, 0.3) is 21.8 Å². The maximum absolute atomic E-state index is 10.6. The molecule has 0 saturated carbocycles. The van der Waals surface area contributed by atoms with Crippen LogP contribution < -0.4 is 57.3 Å². The van der Waals surface area contributed by atoms with Gasteiger partial charge in [-0.25, -0.2) is 0 Å². The molecule has 3 aromatic carbocycles. The number of guanidine groups is 1. The maximum Gasteiger partial charge on any atom is 0.320 e. The molecule has 5 aromatic rings. The van der Waals surface area contributed by atoms with Crippen molar-refractivity contribution in [2.24, 2.45) is 62.3 Å². The summed E-state index contributed by atoms with van der Waals surface area (Å²) >= 11 is 0. The average Bonchev–Trinajstić information content (AvgIpc) is 3.97. The predicted octanol–water partition coefficient (Wildman–Crippen LogP) is 0.392. The lowest BCUT2D eigenvalue weighted by Crippen LogP contribution is -2.32. The highest BCUT2D eigenvalue weighted by atomic mass is 16.4. The van der Waals surface area contributed by atoms with E-state index in [-0.39, 0.29) is 5.96 Å². The van der Waals surface area contributed by atoms with E-state index >= 15 is 0 Å². The third kappa shape index (κ3) is 29.8. The summed E-state index contributed by atoms with van der Waals surface area (Å²) in [6.07, 6.45) is 9.99. The third-order valence-electron chi connectivity index (χ3n) is 10.3. The van der Waals surface area contributed by atoms with E-state index in [1.165, 1.54) is 0 Å². The number of H-pyrrole nitrogens is 2. The zero-order valence-corrected chi connectivity index (χ0v) is 41.4. The Hall–Kier alpha value is -7.49. The average molecular weight is 1040 g/mol. The number of unbranched alkanes of at least 4 members (excludes halogenated alkanes) is 2. The van der Waals surface area contributed by atoms with Crippen LogP contribution in [0.2, 0.25) is 0 Å². The molecule has 6 atom stereocenters. The molecule has 0 radical (unpaired) electrons. The van der Waals surface area contributed by atoms with E-state index in [2.05, 4.69) is 15.0 Å². The Morgan fingerprint density at radius 2 is 0.757 bits per heavy atom. The first kappa shape index (κ1) is 66.5. The molecule has 410 valence electrons. The Balaban J connectivity index is 0.000000872. The molecule has 25 nitrogen and oxygen atoms in total. The van der Waals surface area contributed by atoms with Crippen LogP contribution in [0.4, 0.5) is 0 Å². The van der Waals surface area contributed by atoms with Crippen molar-refractivity contribution < 1.29 is 59.4 Å². The van der Waals surface area contributed by atoms with Gasteiger partial charge in [-0.1, -0.05) is 79.6 Å². The van der Waals surface area contributed by atoms with E-state index in [1.807, 2.05) is 91.3 Å². The van der Waals surface area contributed by atoms with Crippen molar-refractivity contribution in [3.05, 3.63) is 108 Å². The molecule has 0 bridgehead atoms. The van der Waals surface area contributed by atoms with Crippen molar-refractivity contribution in [3.8, 4) is 0 Å². The van der Waals surface area contributed by atoms with Crippen LogP contribution in [-0.4, -0.2) is 138 Å². The van der Waals surface area contributed by atoms with Gasteiger partial charge in [0.2, 0.25) is 0 Å². The number of carboxylic acid groups (broad SMARTS) is 6. The molecule has 0 aliphatic carbocycles. The smallest absolute Gasteiger partial charge is 0.320 e. The molecule has 2 aromatic heterocycles. The Morgan fingerprint density at radius 3 is 1.09 bits per heavy atom. The topological polar surface area (TPSA) is 528 Å². The number of aliphatic carboxylic acids is 6. The predicted molar refractivity (Wildman–Crippen MR) is 284 cm³/mol. The van der Waals surface area contributed by atoms with Crippen LogP contribution >= 0.6 is 0 Å². The van der Waals surface area contributed by atoms with E-state index in [0.29, 0.717) is 64.6 Å². The number of nitrogens with one attached hydrogen (secondary N) is 2. The minimum absolute atomic E-state index is 0.0129. The number of fused-ring (bicyclic) bond motifs is 2. The summed E-state index contributed by atoms with van der Waals surface area (Å²) in [6, 6.07) is 20.1. The molecule has 0 aliphatic heterocycles. The number of para-hydroxylation sites is 2. The van der Waals surface area contributed by atoms with Gasteiger partial charge in [0.25, 0.3) is 0 Å². The van der Waals surface area contributed by atoms with E-state index in [0.717, 1.165) is 64.2 Å². The van der Waals surface area contributed by atoms with Gasteiger partial charge < -0.3 is 97.9 Å². The zero-order chi connectivity index (χ0) is 56.2. The Morgan fingerprint density at radius 1 is 0.432 bits per heavy atom. The summed E-state index contributed by atoms with van der Waals surface area (Å²) in [6.45, 7) is 1.63. The van der Waals surface area contributed by atoms with Gasteiger partial charge in [0.05, 0.1) is 0 Å². The molecule has 0 fully saturated rings. The molecular weight excluding hydrogens is 963 g/mol. The van der Waals surface area contributed by atoms with E-state index in [4.69, 9.17) is 88.0 Å². The molecule has 28 N–H and O–H groups in total. The molecule has 5 rings (SSSR count). The maximum atomic E-state index is 10.6. The standard InChI is InChI=1S/2C11H12N2O2.C9H11NO2.C6H14N4O2.2C6H14N2O2/c2*12-9(11(14)15)5-7-6-13-10-4-2-1-3-8(7)10;10-8(9(11)12)6-7-4-2-1-3-5-7;7-4(5(11)12)2-1-3-10-6(8)9;2*7-4-2-1-3-5(8)6(9)10/h2*1-4,6,9,13H,5,12H2,(H,14,15);1-5,8H,6,10H2,(H,11,12);4H,1-3,7H2,(H,11,12)(H4,8,9,10);2*5H,1-4,7-8H2,(H,9,10). The Labute approximate surface area is 428 Å². The van der Waals surface area contributed by atoms with Gasteiger partial charge in [-0.3, -0.25) is 33.8 Å². The van der Waals surface area contributed by atoms with Crippen molar-refractivity contribution >= 4 is 63.6 Å². The number of aromatic nitrogens is 2. The highest BCUT2D eigenvalue weighted by Gasteiger charge is 2.16. The van der Waals surface area contributed by atoms with Crippen LogP contribution in [0.15, 0.2) is 96.2 Å². The molecule has 25 heteroatoms. The lowest BCUT2D eigenvalue weighted by atomic mass is 10.1. The Bertz CT molecular complexity index is 2310. The number of aliphatic imine (C=N–C) groups is 1. The van der Waals surface area contributed by atoms with Crippen molar-refractivity contribution in [2.45, 2.75) is 107 Å². The summed E-state index contributed by atoms with van der Waals surface area (Å²) in [5.74, 6) is -5.76. The van der Waals surface area contributed by atoms with E-state index in [9.17, 15) is 28.8 Å². The van der Waals surface area contributed by atoms with Crippen LogP contribution in [0.1, 0.15) is 68.1 Å². The first-order valence-electron chi connectivity index (χ1n) is 23.5. The number of nitrogens with zero attached hydrogens (tertiary/aromatic N) is 1. The highest BCUT2D eigenvalue weighted by molar-refractivity contribution is 5.85. The number of hydrogen-bond acceptors (Lipinski definition) is 15. The summed E-state index contributed by atoms with van der Waals surface area (Å²) in [5, 5.41) is 53.1. The third-order valence-corrected chi connectivity index (χ3v) is 10.3. The summed E-state index contributed by atoms with van der Waals surface area (Å²) in [4.78, 5) is 72.0. The minimum Gasteiger partial charge on any atom is -0.480 e. The molecule has 6 unspecified atom stereocenters. The van der Waals surface area contributed by atoms with Gasteiger partial charge in [-0.15, -0.1) is 0 Å². The number of nitrogens with two attached hydrogens (primary N) is 10. The lowest BCUT2D eigenvalue weighted by molar-refractivity contribution is -0.139. The first-order valence-corrected chi connectivity index (χ1v) is 23.5. The molecular formula is C49H77N13O12. The largest absolute Gasteiger partial charge is 0.480 e. The zero-order valence-electron chi connectivity index (χ0n) is 41.4. The van der Waals surface area contributed by atoms with Crippen molar-refractivity contribution in [3.63, 3.8) is 0 Å². The second-order valence-electron chi connectivity index (χ2n) is 16.5. The van der Waals surface area contributed by atoms with Gasteiger partial charge in [-0.05, 0) is 86.9 Å². The molecule has 74 heavy (non-hydrogen) atoms.